The van der Waals surface area contributed by atoms with E-state index >= 15 is 0 Å². The molecule has 2 heteroatoms. The van der Waals surface area contributed by atoms with Crippen LogP contribution in [0, 0.1) is 0 Å². The van der Waals surface area contributed by atoms with Gasteiger partial charge in [0.1, 0.15) is 6.29 Å². The molecule has 0 radical (unpaired) electrons. The SMILES string of the molecule is CCC/C(C=O)=C/CNC. The Bertz CT molecular complexity index is 118. The minimum absolute atomic E-state index is 0.786. The van der Waals surface area contributed by atoms with Crippen LogP contribution in [0.25, 0.3) is 0 Å². The molecular formula is C8H15NO. The van der Waals surface area contributed by atoms with Gasteiger partial charge in [-0.2, -0.15) is 0 Å². The van der Waals surface area contributed by atoms with Gasteiger partial charge < -0.3 is 5.32 Å². The lowest BCUT2D eigenvalue weighted by Gasteiger charge is -1.94. The van der Waals surface area contributed by atoms with E-state index in [0.29, 0.717) is 0 Å². The number of carbonyl (C=O) groups excluding carboxylic acids is 1. The maximum Gasteiger partial charge on any atom is 0.145 e. The van der Waals surface area contributed by atoms with Crippen molar-refractivity contribution >= 4 is 6.29 Å². The zero-order chi connectivity index (χ0) is 7.82. The molecule has 0 saturated carbocycles. The Morgan fingerprint density at radius 3 is 2.70 bits per heavy atom. The number of likely N-dealkylation sites (N-methyl/N-ethyl adjacent to an activating group) is 1. The third-order valence-corrected chi connectivity index (χ3v) is 1.26. The number of rotatable bonds is 5. The molecule has 0 spiro atoms. The largest absolute Gasteiger partial charge is 0.316 e. The van der Waals surface area contributed by atoms with Crippen molar-refractivity contribution in [2.75, 3.05) is 13.6 Å². The van der Waals surface area contributed by atoms with Gasteiger partial charge >= 0.3 is 0 Å². The monoisotopic (exact) mass is 141 g/mol. The zero-order valence-corrected chi connectivity index (χ0v) is 6.68. The summed E-state index contributed by atoms with van der Waals surface area (Å²) < 4.78 is 0. The molecule has 0 aliphatic carbocycles. The van der Waals surface area contributed by atoms with E-state index in [1.165, 1.54) is 0 Å². The van der Waals surface area contributed by atoms with E-state index in [0.717, 1.165) is 31.2 Å². The predicted octanol–water partition coefficient (Wildman–Crippen LogP) is 1.13. The van der Waals surface area contributed by atoms with Crippen molar-refractivity contribution < 1.29 is 4.79 Å². The molecule has 10 heavy (non-hydrogen) atoms. The Hall–Kier alpha value is -0.630. The number of hydrogen-bond donors (Lipinski definition) is 1. The fraction of sp³-hybridized carbons (Fsp3) is 0.625. The van der Waals surface area contributed by atoms with Crippen LogP contribution in [0.5, 0.6) is 0 Å². The van der Waals surface area contributed by atoms with Crippen LogP contribution >= 0.6 is 0 Å². The molecule has 0 aromatic rings. The summed E-state index contributed by atoms with van der Waals surface area (Å²) in [6.07, 6.45) is 4.79. The Balaban J connectivity index is 3.66. The van der Waals surface area contributed by atoms with Crippen LogP contribution in [0.2, 0.25) is 0 Å². The van der Waals surface area contributed by atoms with Crippen molar-refractivity contribution in [2.24, 2.45) is 0 Å². The highest BCUT2D eigenvalue weighted by molar-refractivity contribution is 5.72. The van der Waals surface area contributed by atoms with Crippen molar-refractivity contribution in [3.05, 3.63) is 11.6 Å². The van der Waals surface area contributed by atoms with Gasteiger partial charge in [0, 0.05) is 6.54 Å². The highest BCUT2D eigenvalue weighted by Gasteiger charge is 1.90. The summed E-state index contributed by atoms with van der Waals surface area (Å²) in [5, 5.41) is 2.96. The molecule has 0 fully saturated rings. The van der Waals surface area contributed by atoms with Crippen molar-refractivity contribution in [3.8, 4) is 0 Å². The fourth-order valence-electron chi connectivity index (χ4n) is 0.731. The Kier molecular flexibility index (Phi) is 6.08. The molecule has 0 atom stereocenters. The van der Waals surface area contributed by atoms with Gasteiger partial charge in [-0.15, -0.1) is 0 Å². The van der Waals surface area contributed by atoms with Gasteiger partial charge in [0.05, 0.1) is 0 Å². The standard InChI is InChI=1S/C8H15NO/c1-3-4-8(7-10)5-6-9-2/h5,7,9H,3-4,6H2,1-2H3/b8-5-. The summed E-state index contributed by atoms with van der Waals surface area (Å²) in [6.45, 7) is 2.85. The summed E-state index contributed by atoms with van der Waals surface area (Å²) in [4.78, 5) is 10.3. The second-order valence-electron chi connectivity index (χ2n) is 2.20. The third kappa shape index (κ3) is 4.27. The smallest absolute Gasteiger partial charge is 0.145 e. The minimum Gasteiger partial charge on any atom is -0.316 e. The topological polar surface area (TPSA) is 29.1 Å². The van der Waals surface area contributed by atoms with Crippen molar-refractivity contribution in [1.82, 2.24) is 5.32 Å². The number of carbonyl (C=O) groups is 1. The summed E-state index contributed by atoms with van der Waals surface area (Å²) >= 11 is 0. The fourth-order valence-corrected chi connectivity index (χ4v) is 0.731. The van der Waals surface area contributed by atoms with Gasteiger partial charge in [0.2, 0.25) is 0 Å². The Morgan fingerprint density at radius 1 is 1.60 bits per heavy atom. The predicted molar refractivity (Wildman–Crippen MR) is 43.0 cm³/mol. The molecule has 1 N–H and O–H groups in total. The number of aldehydes is 1. The summed E-state index contributed by atoms with van der Waals surface area (Å²) in [5.41, 5.74) is 0.900. The first kappa shape index (κ1) is 9.37. The lowest BCUT2D eigenvalue weighted by atomic mass is 10.1. The number of hydrogen-bond acceptors (Lipinski definition) is 2. The molecule has 0 rings (SSSR count). The molecule has 0 aromatic carbocycles. The van der Waals surface area contributed by atoms with Crippen LogP contribution < -0.4 is 5.32 Å². The highest BCUT2D eigenvalue weighted by Crippen LogP contribution is 1.99. The zero-order valence-electron chi connectivity index (χ0n) is 6.68. The summed E-state index contributed by atoms with van der Waals surface area (Å²) in [7, 11) is 1.87. The quantitative estimate of drug-likeness (QED) is 0.459. The lowest BCUT2D eigenvalue weighted by Crippen LogP contribution is -2.05. The van der Waals surface area contributed by atoms with Crippen LogP contribution in [0.1, 0.15) is 19.8 Å². The van der Waals surface area contributed by atoms with Crippen LogP contribution in [-0.2, 0) is 4.79 Å². The second-order valence-corrected chi connectivity index (χ2v) is 2.20. The van der Waals surface area contributed by atoms with Crippen LogP contribution in [-0.4, -0.2) is 19.9 Å². The lowest BCUT2D eigenvalue weighted by molar-refractivity contribution is -0.105. The Morgan fingerprint density at radius 2 is 2.30 bits per heavy atom. The van der Waals surface area contributed by atoms with Crippen LogP contribution in [0.4, 0.5) is 0 Å². The summed E-state index contributed by atoms with van der Waals surface area (Å²) in [5.74, 6) is 0. The molecule has 0 heterocycles. The third-order valence-electron chi connectivity index (χ3n) is 1.26. The highest BCUT2D eigenvalue weighted by atomic mass is 16.1. The van der Waals surface area contributed by atoms with E-state index in [2.05, 4.69) is 12.2 Å². The molecule has 0 aliphatic rings. The molecule has 0 unspecified atom stereocenters. The van der Waals surface area contributed by atoms with Crippen molar-refractivity contribution in [3.63, 3.8) is 0 Å². The van der Waals surface area contributed by atoms with E-state index < -0.39 is 0 Å². The number of nitrogens with one attached hydrogen (secondary N) is 1. The molecule has 0 saturated heterocycles. The molecule has 2 nitrogen and oxygen atoms in total. The number of allylic oxidation sites excluding steroid dienone is 1. The maximum absolute atomic E-state index is 10.3. The molecule has 58 valence electrons. The van der Waals surface area contributed by atoms with Crippen LogP contribution in [0.15, 0.2) is 11.6 Å². The average molecular weight is 141 g/mol. The summed E-state index contributed by atoms with van der Waals surface area (Å²) in [6, 6.07) is 0. The van der Waals surface area contributed by atoms with Crippen LogP contribution in [0.3, 0.4) is 0 Å². The first-order valence-corrected chi connectivity index (χ1v) is 3.64. The van der Waals surface area contributed by atoms with E-state index in [1.807, 2.05) is 13.1 Å². The van der Waals surface area contributed by atoms with Gasteiger partial charge in [0.15, 0.2) is 0 Å². The van der Waals surface area contributed by atoms with Gasteiger partial charge in [-0.05, 0) is 19.0 Å². The Labute approximate surface area is 62.3 Å². The second kappa shape index (κ2) is 6.49. The maximum atomic E-state index is 10.3. The molecule has 0 aliphatic heterocycles. The molecule has 0 amide bonds. The van der Waals surface area contributed by atoms with Crippen molar-refractivity contribution in [1.29, 1.82) is 0 Å². The average Bonchev–Trinajstić information content (AvgIpc) is 1.98. The van der Waals surface area contributed by atoms with Crippen molar-refractivity contribution in [2.45, 2.75) is 19.8 Å². The molecule has 0 aromatic heterocycles. The van der Waals surface area contributed by atoms with Gasteiger partial charge in [-0.3, -0.25) is 4.79 Å². The van der Waals surface area contributed by atoms with E-state index in [4.69, 9.17) is 0 Å². The van der Waals surface area contributed by atoms with Gasteiger partial charge in [-0.25, -0.2) is 0 Å². The van der Waals surface area contributed by atoms with E-state index in [-0.39, 0.29) is 0 Å². The first-order valence-electron chi connectivity index (χ1n) is 3.64. The van der Waals surface area contributed by atoms with Gasteiger partial charge in [-0.1, -0.05) is 19.4 Å². The minimum atomic E-state index is 0.786. The van der Waals surface area contributed by atoms with Gasteiger partial charge in [0.25, 0.3) is 0 Å². The van der Waals surface area contributed by atoms with E-state index in [1.54, 1.807) is 0 Å². The molecule has 0 bridgehead atoms. The van der Waals surface area contributed by atoms with E-state index in [9.17, 15) is 4.79 Å². The molecular weight excluding hydrogens is 126 g/mol. The first-order chi connectivity index (χ1) is 4.85. The normalized spacial score (nSPS) is 11.6.